The van der Waals surface area contributed by atoms with E-state index >= 15 is 0 Å². The molecule has 0 aliphatic carbocycles. The smallest absolute Gasteiger partial charge is 0.280 e. The molecule has 4 heteroatoms. The van der Waals surface area contributed by atoms with Gasteiger partial charge < -0.3 is 4.84 Å². The molecule has 2 N–H and O–H groups in total. The largest absolute Gasteiger partial charge is 0.381 e. The van der Waals surface area contributed by atoms with E-state index in [0.717, 1.165) is 0 Å². The Morgan fingerprint density at radius 2 is 2.20 bits per heavy atom. The van der Waals surface area contributed by atoms with E-state index in [1.165, 1.54) is 0 Å². The highest BCUT2D eigenvalue weighted by Gasteiger charge is 1.76. The Kier molecular flexibility index (Phi) is 1.79. The van der Waals surface area contributed by atoms with Gasteiger partial charge >= 0.3 is 0 Å². The Labute approximate surface area is 32.5 Å². The summed E-state index contributed by atoms with van der Waals surface area (Å²) in [5.41, 5.74) is -0.329. The molecular formula is CH5NO2Si. The lowest BCUT2D eigenvalue weighted by Gasteiger charge is -1.80. The first kappa shape index (κ1) is 4.65. The molecule has 0 unspecified atom stereocenters. The first-order valence-corrected chi connectivity index (χ1v) is 2.14. The molecule has 30 valence electrons. The van der Waals surface area contributed by atoms with Gasteiger partial charge in [0.15, 0.2) is 0 Å². The van der Waals surface area contributed by atoms with Crippen LogP contribution in [0.25, 0.3) is 0 Å². The van der Waals surface area contributed by atoms with E-state index in [-0.39, 0.29) is 5.59 Å². The maximum absolute atomic E-state index is 9.53. The highest BCUT2D eigenvalue weighted by molar-refractivity contribution is 6.54. The molecule has 0 amide bonds. The highest BCUT2D eigenvalue weighted by Crippen LogP contribution is 1.54. The fourth-order valence-corrected chi connectivity index (χ4v) is 0. The quantitative estimate of drug-likeness (QED) is 0.287. The molecule has 0 saturated carbocycles. The van der Waals surface area contributed by atoms with Gasteiger partial charge in [-0.15, -0.1) is 0 Å². The second-order valence-electron chi connectivity index (χ2n) is 0.609. The summed E-state index contributed by atoms with van der Waals surface area (Å²) in [5.74, 6) is 4.36. The van der Waals surface area contributed by atoms with Crippen molar-refractivity contribution in [2.75, 3.05) is 0 Å². The van der Waals surface area contributed by atoms with Crippen molar-refractivity contribution in [1.29, 1.82) is 0 Å². The molecule has 0 spiro atoms. The minimum Gasteiger partial charge on any atom is -0.381 e. The van der Waals surface area contributed by atoms with E-state index in [1.54, 1.807) is 0 Å². The predicted molar refractivity (Wildman–Crippen MR) is 20.6 cm³/mol. The number of hydrogen-bond donors (Lipinski definition) is 1. The predicted octanol–water partition coefficient (Wildman–Crippen LogP) is -1.64. The van der Waals surface area contributed by atoms with Crippen molar-refractivity contribution >= 4 is 15.8 Å². The zero-order chi connectivity index (χ0) is 4.28. The third-order valence-electron chi connectivity index (χ3n) is 0.166. The molecule has 0 fully saturated rings. The minimum atomic E-state index is -0.329. The summed E-state index contributed by atoms with van der Waals surface area (Å²) in [6.07, 6.45) is 0. The van der Waals surface area contributed by atoms with Crippen molar-refractivity contribution in [2.45, 2.75) is 0 Å². The van der Waals surface area contributed by atoms with Gasteiger partial charge in [-0.2, -0.15) is 5.90 Å². The van der Waals surface area contributed by atoms with Gasteiger partial charge in [-0.1, -0.05) is 0 Å². The Morgan fingerprint density at radius 3 is 2.20 bits per heavy atom. The number of carbonyl (C=O) groups excluding carboxylic acids is 1. The van der Waals surface area contributed by atoms with Crippen LogP contribution in [0, 0.1) is 0 Å². The minimum absolute atomic E-state index is 0.329. The van der Waals surface area contributed by atoms with Crippen LogP contribution >= 0.6 is 0 Å². The van der Waals surface area contributed by atoms with Crippen LogP contribution in [0.3, 0.4) is 0 Å². The second-order valence-corrected chi connectivity index (χ2v) is 1.43. The average Bonchev–Trinajstić information content (AvgIpc) is 1.38. The van der Waals surface area contributed by atoms with Gasteiger partial charge in [0.05, 0.1) is 0 Å². The lowest BCUT2D eigenvalue weighted by Crippen LogP contribution is -2.05. The number of rotatable bonds is 0. The van der Waals surface area contributed by atoms with E-state index in [4.69, 9.17) is 0 Å². The van der Waals surface area contributed by atoms with Gasteiger partial charge in [0, 0.05) is 0 Å². The summed E-state index contributed by atoms with van der Waals surface area (Å²) in [5, 5.41) is 0. The van der Waals surface area contributed by atoms with Gasteiger partial charge in [0.25, 0.3) is 5.59 Å². The molecule has 0 aliphatic rings. The monoisotopic (exact) mass is 91.0 g/mol. The SMILES string of the molecule is NOC(=O)[SiH3]. The Bertz CT molecular complexity index is 44.9. The first-order chi connectivity index (χ1) is 2.27. The molecule has 0 rings (SSSR count). The standard InChI is InChI=1S/CH5NO2Si/c2-4-1(3)5/h2H2,5H3. The van der Waals surface area contributed by atoms with E-state index in [2.05, 4.69) is 10.7 Å². The third-order valence-corrected chi connectivity index (χ3v) is 0.402. The molecule has 0 saturated heterocycles. The summed E-state index contributed by atoms with van der Waals surface area (Å²) in [7, 11) is 0.383. The van der Waals surface area contributed by atoms with E-state index in [1.807, 2.05) is 0 Å². The van der Waals surface area contributed by atoms with E-state index in [9.17, 15) is 4.79 Å². The lowest BCUT2D eigenvalue weighted by molar-refractivity contribution is 0.175. The zero-order valence-corrected chi connectivity index (χ0v) is 4.89. The molecule has 3 nitrogen and oxygen atoms in total. The molecule has 0 bridgehead atoms. The average molecular weight is 91.1 g/mol. The maximum Gasteiger partial charge on any atom is 0.280 e. The molecule has 0 aliphatic heterocycles. The summed E-state index contributed by atoms with van der Waals surface area (Å²) >= 11 is 0. The molecule has 0 aromatic heterocycles. The van der Waals surface area contributed by atoms with Crippen LogP contribution in [-0.2, 0) is 4.84 Å². The van der Waals surface area contributed by atoms with Crippen LogP contribution in [0.4, 0.5) is 4.79 Å². The van der Waals surface area contributed by atoms with Crippen LogP contribution in [0.2, 0.25) is 0 Å². The topological polar surface area (TPSA) is 52.3 Å². The molecule has 0 atom stereocenters. The van der Waals surface area contributed by atoms with Gasteiger partial charge in [-0.05, 0) is 0 Å². The van der Waals surface area contributed by atoms with Crippen LogP contribution in [0.5, 0.6) is 0 Å². The Hall–Kier alpha value is -0.353. The second kappa shape index (κ2) is 1.92. The Balaban J connectivity index is 2.85. The van der Waals surface area contributed by atoms with Crippen molar-refractivity contribution in [3.63, 3.8) is 0 Å². The van der Waals surface area contributed by atoms with Crippen molar-refractivity contribution in [3.05, 3.63) is 0 Å². The number of carbonyl (C=O) groups is 1. The number of nitrogens with two attached hydrogens (primary N) is 1. The van der Waals surface area contributed by atoms with Crippen molar-refractivity contribution in [2.24, 2.45) is 5.90 Å². The van der Waals surface area contributed by atoms with Crippen molar-refractivity contribution in [3.8, 4) is 0 Å². The van der Waals surface area contributed by atoms with Gasteiger partial charge in [-0.25, -0.2) is 0 Å². The zero-order valence-electron chi connectivity index (χ0n) is 2.89. The normalized spacial score (nSPS) is 7.40. The molecule has 0 aromatic rings. The first-order valence-electron chi connectivity index (χ1n) is 1.14. The summed E-state index contributed by atoms with van der Waals surface area (Å²) in [6.45, 7) is 0. The molecule has 0 aromatic carbocycles. The Morgan fingerprint density at radius 1 is 2.00 bits per heavy atom. The number of hydrogen-bond acceptors (Lipinski definition) is 3. The van der Waals surface area contributed by atoms with Gasteiger partial charge in [0.2, 0.25) is 0 Å². The van der Waals surface area contributed by atoms with Gasteiger partial charge in [-0.3, -0.25) is 4.79 Å². The maximum atomic E-state index is 9.53. The van der Waals surface area contributed by atoms with E-state index < -0.39 is 0 Å². The fraction of sp³-hybridized carbons (Fsp3) is 0. The van der Waals surface area contributed by atoms with Crippen LogP contribution in [-0.4, -0.2) is 15.8 Å². The van der Waals surface area contributed by atoms with Gasteiger partial charge in [0.1, 0.15) is 10.2 Å². The molecule has 0 radical (unpaired) electrons. The van der Waals surface area contributed by atoms with E-state index in [0.29, 0.717) is 10.2 Å². The summed E-state index contributed by atoms with van der Waals surface area (Å²) in [4.78, 5) is 13.2. The lowest BCUT2D eigenvalue weighted by atomic mass is 11.6. The molecule has 0 heterocycles. The molecule has 5 heavy (non-hydrogen) atoms. The highest BCUT2D eigenvalue weighted by atomic mass is 28.1. The van der Waals surface area contributed by atoms with Crippen molar-refractivity contribution < 1.29 is 9.63 Å². The fourth-order valence-electron chi connectivity index (χ4n) is 0. The van der Waals surface area contributed by atoms with Crippen LogP contribution in [0.1, 0.15) is 0 Å². The van der Waals surface area contributed by atoms with Crippen LogP contribution in [0.15, 0.2) is 0 Å². The summed E-state index contributed by atoms with van der Waals surface area (Å²) < 4.78 is 0. The summed E-state index contributed by atoms with van der Waals surface area (Å²) in [6, 6.07) is 0. The van der Waals surface area contributed by atoms with Crippen LogP contribution < -0.4 is 5.90 Å². The third kappa shape index (κ3) is 3.65. The molecular weight excluding hydrogens is 86.1 g/mol. The van der Waals surface area contributed by atoms with Crippen molar-refractivity contribution in [1.82, 2.24) is 0 Å².